The maximum atomic E-state index is 5.04. The third-order valence-electron chi connectivity index (χ3n) is 1.92. The predicted octanol–water partition coefficient (Wildman–Crippen LogP) is 1.34. The van der Waals surface area contributed by atoms with Crippen LogP contribution in [0.1, 0.15) is 11.5 Å². The van der Waals surface area contributed by atoms with Crippen LogP contribution in [0.4, 0.5) is 0 Å². The molecule has 0 aliphatic heterocycles. The maximum Gasteiger partial charge on any atom is 0.223 e. The summed E-state index contributed by atoms with van der Waals surface area (Å²) < 4.78 is 4.89. The van der Waals surface area contributed by atoms with Crippen LogP contribution < -0.4 is 5.84 Å². The van der Waals surface area contributed by atoms with Crippen LogP contribution in [0.25, 0.3) is 11.4 Å². The molecule has 0 spiro atoms. The Morgan fingerprint density at radius 3 is 2.60 bits per heavy atom. The Morgan fingerprint density at radius 1 is 1.33 bits per heavy atom. The van der Waals surface area contributed by atoms with Gasteiger partial charge < -0.3 is 10.4 Å². The number of aromatic nitrogens is 2. The van der Waals surface area contributed by atoms with Gasteiger partial charge in [0.05, 0.1) is 6.21 Å². The molecule has 0 saturated heterocycles. The van der Waals surface area contributed by atoms with Gasteiger partial charge in [-0.05, 0) is 5.56 Å². The van der Waals surface area contributed by atoms with Crippen LogP contribution in [0, 0.1) is 6.92 Å². The number of aryl methyl sites for hydroxylation is 1. The zero-order valence-corrected chi connectivity index (χ0v) is 8.21. The minimum absolute atomic E-state index is 0.553. The van der Waals surface area contributed by atoms with E-state index in [9.17, 15) is 0 Å². The zero-order chi connectivity index (χ0) is 10.7. The van der Waals surface area contributed by atoms with E-state index in [2.05, 4.69) is 15.2 Å². The highest BCUT2D eigenvalue weighted by Crippen LogP contribution is 2.15. The second kappa shape index (κ2) is 3.91. The number of nitrogens with zero attached hydrogens (tertiary/aromatic N) is 3. The average Bonchev–Trinajstić information content (AvgIpc) is 2.67. The molecule has 2 N–H and O–H groups in total. The van der Waals surface area contributed by atoms with E-state index < -0.39 is 0 Å². The van der Waals surface area contributed by atoms with E-state index in [1.54, 1.807) is 13.1 Å². The quantitative estimate of drug-likeness (QED) is 0.453. The number of rotatable bonds is 2. The SMILES string of the molecule is Cc1nc(-c2ccc(C=NN)cc2)no1. The van der Waals surface area contributed by atoms with Crippen LogP contribution in [-0.4, -0.2) is 16.4 Å². The van der Waals surface area contributed by atoms with E-state index >= 15 is 0 Å². The third kappa shape index (κ3) is 2.01. The summed E-state index contributed by atoms with van der Waals surface area (Å²) in [6, 6.07) is 7.55. The maximum absolute atomic E-state index is 5.04. The molecule has 0 saturated carbocycles. The first kappa shape index (κ1) is 9.39. The summed E-state index contributed by atoms with van der Waals surface area (Å²) >= 11 is 0. The Hall–Kier alpha value is -2.17. The van der Waals surface area contributed by atoms with E-state index in [0.29, 0.717) is 11.7 Å². The molecule has 0 radical (unpaired) electrons. The Bertz CT molecular complexity index is 472. The molecule has 76 valence electrons. The van der Waals surface area contributed by atoms with Gasteiger partial charge in [-0.3, -0.25) is 0 Å². The van der Waals surface area contributed by atoms with Crippen molar-refractivity contribution >= 4 is 6.21 Å². The summed E-state index contributed by atoms with van der Waals surface area (Å²) in [4.78, 5) is 4.12. The van der Waals surface area contributed by atoms with E-state index in [1.165, 1.54) is 0 Å². The van der Waals surface area contributed by atoms with Crippen LogP contribution in [0.3, 0.4) is 0 Å². The van der Waals surface area contributed by atoms with Gasteiger partial charge in [0.15, 0.2) is 0 Å². The van der Waals surface area contributed by atoms with Gasteiger partial charge in [-0.25, -0.2) is 0 Å². The van der Waals surface area contributed by atoms with Crippen molar-refractivity contribution in [3.8, 4) is 11.4 Å². The molecule has 0 fully saturated rings. The van der Waals surface area contributed by atoms with Crippen molar-refractivity contribution in [2.45, 2.75) is 6.92 Å². The summed E-state index contributed by atoms with van der Waals surface area (Å²) in [5.74, 6) is 6.18. The fourth-order valence-corrected chi connectivity index (χ4v) is 1.22. The minimum atomic E-state index is 0.553. The Kier molecular flexibility index (Phi) is 2.45. The van der Waals surface area contributed by atoms with Gasteiger partial charge in [0.25, 0.3) is 0 Å². The van der Waals surface area contributed by atoms with Crippen molar-refractivity contribution in [2.24, 2.45) is 10.9 Å². The van der Waals surface area contributed by atoms with Crippen LogP contribution in [0.2, 0.25) is 0 Å². The first-order valence-electron chi connectivity index (χ1n) is 4.43. The van der Waals surface area contributed by atoms with Gasteiger partial charge in [-0.2, -0.15) is 10.1 Å². The summed E-state index contributed by atoms with van der Waals surface area (Å²) in [5.41, 5.74) is 1.84. The topological polar surface area (TPSA) is 77.3 Å². The standard InChI is InChI=1S/C10H10N4O/c1-7-13-10(14-15-7)9-4-2-8(3-5-9)6-12-11/h2-6H,11H2,1H3. The van der Waals surface area contributed by atoms with Crippen molar-refractivity contribution < 1.29 is 4.52 Å². The lowest BCUT2D eigenvalue weighted by molar-refractivity contribution is 0.394. The summed E-state index contributed by atoms with van der Waals surface area (Å²) in [5, 5.41) is 7.25. The lowest BCUT2D eigenvalue weighted by Gasteiger charge is -1.94. The zero-order valence-electron chi connectivity index (χ0n) is 8.21. The molecule has 2 aromatic rings. The molecule has 5 heteroatoms. The highest BCUT2D eigenvalue weighted by molar-refractivity contribution is 5.80. The first-order valence-corrected chi connectivity index (χ1v) is 4.43. The van der Waals surface area contributed by atoms with E-state index in [-0.39, 0.29) is 0 Å². The summed E-state index contributed by atoms with van der Waals surface area (Å²) in [6.45, 7) is 1.76. The molecule has 0 bridgehead atoms. The van der Waals surface area contributed by atoms with Gasteiger partial charge in [0.1, 0.15) is 0 Å². The lowest BCUT2D eigenvalue weighted by atomic mass is 10.1. The second-order valence-electron chi connectivity index (χ2n) is 3.04. The first-order chi connectivity index (χ1) is 7.29. The largest absolute Gasteiger partial charge is 0.339 e. The fourth-order valence-electron chi connectivity index (χ4n) is 1.22. The molecular formula is C10H10N4O. The van der Waals surface area contributed by atoms with Crippen molar-refractivity contribution in [1.29, 1.82) is 0 Å². The van der Waals surface area contributed by atoms with E-state index in [4.69, 9.17) is 10.4 Å². The summed E-state index contributed by atoms with van der Waals surface area (Å²) in [6.07, 6.45) is 1.57. The predicted molar refractivity (Wildman–Crippen MR) is 56.3 cm³/mol. The Labute approximate surface area is 86.6 Å². The van der Waals surface area contributed by atoms with Crippen molar-refractivity contribution in [3.05, 3.63) is 35.7 Å². The smallest absolute Gasteiger partial charge is 0.223 e. The van der Waals surface area contributed by atoms with Crippen molar-refractivity contribution in [1.82, 2.24) is 10.1 Å². The Morgan fingerprint density at radius 2 is 2.07 bits per heavy atom. The second-order valence-corrected chi connectivity index (χ2v) is 3.04. The molecule has 0 atom stereocenters. The highest BCUT2D eigenvalue weighted by Gasteiger charge is 2.04. The van der Waals surface area contributed by atoms with Gasteiger partial charge in [-0.1, -0.05) is 29.4 Å². The number of hydrogen-bond donors (Lipinski definition) is 1. The normalized spacial score (nSPS) is 11.0. The van der Waals surface area contributed by atoms with E-state index in [0.717, 1.165) is 11.1 Å². The van der Waals surface area contributed by atoms with Gasteiger partial charge in [0, 0.05) is 12.5 Å². The molecule has 1 heterocycles. The molecule has 1 aromatic carbocycles. The number of nitrogens with two attached hydrogens (primary N) is 1. The van der Waals surface area contributed by atoms with Crippen LogP contribution in [0.5, 0.6) is 0 Å². The van der Waals surface area contributed by atoms with Crippen LogP contribution in [-0.2, 0) is 0 Å². The molecule has 15 heavy (non-hydrogen) atoms. The molecule has 5 nitrogen and oxygen atoms in total. The van der Waals surface area contributed by atoms with E-state index in [1.807, 2.05) is 24.3 Å². The highest BCUT2D eigenvalue weighted by atomic mass is 16.5. The molecule has 0 aliphatic rings. The molecule has 0 aliphatic carbocycles. The fraction of sp³-hybridized carbons (Fsp3) is 0.100. The molecule has 0 amide bonds. The summed E-state index contributed by atoms with van der Waals surface area (Å²) in [7, 11) is 0. The molecular weight excluding hydrogens is 192 g/mol. The van der Waals surface area contributed by atoms with Crippen LogP contribution in [0.15, 0.2) is 33.9 Å². The molecule has 2 rings (SSSR count). The van der Waals surface area contributed by atoms with Crippen LogP contribution >= 0.6 is 0 Å². The average molecular weight is 202 g/mol. The van der Waals surface area contributed by atoms with Gasteiger partial charge >= 0.3 is 0 Å². The molecule has 0 unspecified atom stereocenters. The van der Waals surface area contributed by atoms with Crippen molar-refractivity contribution in [3.63, 3.8) is 0 Å². The number of hydrogen-bond acceptors (Lipinski definition) is 5. The number of hydrazone groups is 1. The molecule has 1 aromatic heterocycles. The third-order valence-corrected chi connectivity index (χ3v) is 1.92. The minimum Gasteiger partial charge on any atom is -0.339 e. The monoisotopic (exact) mass is 202 g/mol. The van der Waals surface area contributed by atoms with Gasteiger partial charge in [0.2, 0.25) is 11.7 Å². The number of benzene rings is 1. The Balaban J connectivity index is 2.31. The lowest BCUT2D eigenvalue weighted by Crippen LogP contribution is -1.87. The van der Waals surface area contributed by atoms with Crippen molar-refractivity contribution in [2.75, 3.05) is 0 Å². The van der Waals surface area contributed by atoms with Gasteiger partial charge in [-0.15, -0.1) is 0 Å².